The Labute approximate surface area is 118 Å². The number of hydrogen-bond acceptors (Lipinski definition) is 2. The van der Waals surface area contributed by atoms with E-state index in [9.17, 15) is 0 Å². The first-order valence-electron chi connectivity index (χ1n) is 6.85. The lowest BCUT2D eigenvalue weighted by atomic mass is 9.82. The fraction of sp³-hybridized carbons (Fsp3) is 0.533. The van der Waals surface area contributed by atoms with Crippen molar-refractivity contribution in [2.75, 3.05) is 13.2 Å². The molecule has 0 unspecified atom stereocenters. The highest BCUT2D eigenvalue weighted by Gasteiger charge is 2.28. The van der Waals surface area contributed by atoms with Gasteiger partial charge in [0.05, 0.1) is 11.0 Å². The van der Waals surface area contributed by atoms with Gasteiger partial charge in [0.15, 0.2) is 4.77 Å². The molecular formula is C15H20N2OS. The molecule has 0 saturated carbocycles. The third-order valence-electron chi connectivity index (χ3n) is 4.26. The summed E-state index contributed by atoms with van der Waals surface area (Å²) >= 11 is 5.51. The molecule has 102 valence electrons. The zero-order chi connectivity index (χ0) is 13.5. The van der Waals surface area contributed by atoms with Crippen LogP contribution in [0.4, 0.5) is 0 Å². The first-order chi connectivity index (χ1) is 9.09. The number of aryl methyl sites for hydroxylation is 1. The van der Waals surface area contributed by atoms with Crippen molar-refractivity contribution in [1.29, 1.82) is 0 Å². The minimum atomic E-state index is 0.287. The van der Waals surface area contributed by atoms with Crippen molar-refractivity contribution < 1.29 is 4.74 Å². The van der Waals surface area contributed by atoms with Gasteiger partial charge in [0.1, 0.15) is 0 Å². The summed E-state index contributed by atoms with van der Waals surface area (Å²) in [5.74, 6) is 0. The summed E-state index contributed by atoms with van der Waals surface area (Å²) in [6, 6.07) is 6.37. The van der Waals surface area contributed by atoms with Crippen LogP contribution in [0.15, 0.2) is 18.2 Å². The summed E-state index contributed by atoms with van der Waals surface area (Å²) in [6.07, 6.45) is 2.21. The third-order valence-corrected chi connectivity index (χ3v) is 4.58. The van der Waals surface area contributed by atoms with Crippen LogP contribution < -0.4 is 0 Å². The Kier molecular flexibility index (Phi) is 3.23. The van der Waals surface area contributed by atoms with Gasteiger partial charge >= 0.3 is 0 Å². The molecule has 2 aromatic rings. The van der Waals surface area contributed by atoms with Crippen LogP contribution in [0.5, 0.6) is 0 Å². The number of nitrogens with one attached hydrogen (secondary N) is 1. The normalized spacial score (nSPS) is 18.8. The molecule has 4 heteroatoms. The second kappa shape index (κ2) is 4.76. The summed E-state index contributed by atoms with van der Waals surface area (Å²) in [4.78, 5) is 3.35. The van der Waals surface area contributed by atoms with Crippen molar-refractivity contribution in [3.8, 4) is 0 Å². The molecule has 0 spiro atoms. The van der Waals surface area contributed by atoms with E-state index in [0.717, 1.165) is 37.4 Å². The summed E-state index contributed by atoms with van der Waals surface area (Å²) in [5.41, 5.74) is 3.93. The Morgan fingerprint density at radius 2 is 2.11 bits per heavy atom. The lowest BCUT2D eigenvalue weighted by molar-refractivity contribution is 0.0159. The van der Waals surface area contributed by atoms with Crippen molar-refractivity contribution in [1.82, 2.24) is 9.55 Å². The van der Waals surface area contributed by atoms with E-state index in [1.54, 1.807) is 0 Å². The SMILES string of the molecule is Cc1cccc2c1[nH]c(=S)n2CC1(C)CCOCC1. The smallest absolute Gasteiger partial charge is 0.178 e. The number of aromatic nitrogens is 2. The number of rotatable bonds is 2. The van der Waals surface area contributed by atoms with Crippen LogP contribution in [-0.2, 0) is 11.3 Å². The van der Waals surface area contributed by atoms with E-state index in [0.29, 0.717) is 0 Å². The van der Waals surface area contributed by atoms with E-state index < -0.39 is 0 Å². The molecular weight excluding hydrogens is 256 g/mol. The van der Waals surface area contributed by atoms with Crippen LogP contribution >= 0.6 is 12.2 Å². The van der Waals surface area contributed by atoms with Crippen LogP contribution in [0.25, 0.3) is 11.0 Å². The molecule has 0 bridgehead atoms. The van der Waals surface area contributed by atoms with E-state index in [1.807, 2.05) is 0 Å². The van der Waals surface area contributed by atoms with Gasteiger partial charge in [-0.3, -0.25) is 0 Å². The number of fused-ring (bicyclic) bond motifs is 1. The molecule has 1 aromatic carbocycles. The molecule has 1 aliphatic heterocycles. The highest BCUT2D eigenvalue weighted by atomic mass is 32.1. The van der Waals surface area contributed by atoms with E-state index >= 15 is 0 Å². The van der Waals surface area contributed by atoms with E-state index in [-0.39, 0.29) is 5.41 Å². The van der Waals surface area contributed by atoms with Crippen LogP contribution in [-0.4, -0.2) is 22.8 Å². The zero-order valence-electron chi connectivity index (χ0n) is 11.5. The molecule has 3 rings (SSSR count). The Morgan fingerprint density at radius 1 is 1.37 bits per heavy atom. The van der Waals surface area contributed by atoms with Crippen molar-refractivity contribution in [2.24, 2.45) is 5.41 Å². The maximum Gasteiger partial charge on any atom is 0.178 e. The summed E-state index contributed by atoms with van der Waals surface area (Å²) in [7, 11) is 0. The minimum absolute atomic E-state index is 0.287. The number of hydrogen-bond donors (Lipinski definition) is 1. The minimum Gasteiger partial charge on any atom is -0.381 e. The maximum atomic E-state index is 5.51. The molecule has 1 saturated heterocycles. The lowest BCUT2D eigenvalue weighted by Gasteiger charge is -2.33. The molecule has 0 atom stereocenters. The van der Waals surface area contributed by atoms with Gasteiger partial charge in [0, 0.05) is 19.8 Å². The summed E-state index contributed by atoms with van der Waals surface area (Å²) < 4.78 is 8.56. The average Bonchev–Trinajstić information content (AvgIpc) is 2.69. The van der Waals surface area contributed by atoms with Crippen LogP contribution in [0.3, 0.4) is 0 Å². The molecule has 19 heavy (non-hydrogen) atoms. The van der Waals surface area contributed by atoms with Gasteiger partial charge in [-0.2, -0.15) is 0 Å². The van der Waals surface area contributed by atoms with Crippen molar-refractivity contribution in [3.63, 3.8) is 0 Å². The molecule has 1 N–H and O–H groups in total. The highest BCUT2D eigenvalue weighted by molar-refractivity contribution is 7.71. The van der Waals surface area contributed by atoms with Gasteiger partial charge in [-0.1, -0.05) is 19.1 Å². The highest BCUT2D eigenvalue weighted by Crippen LogP contribution is 2.33. The summed E-state index contributed by atoms with van der Waals surface area (Å²) in [5, 5.41) is 0. The standard InChI is InChI=1S/C15H20N2OS/c1-11-4-3-5-12-13(11)16-14(19)17(12)10-15(2)6-8-18-9-7-15/h3-5H,6-10H2,1-2H3,(H,16,19). The first kappa shape index (κ1) is 12.9. The number of nitrogens with zero attached hydrogens (tertiary/aromatic N) is 1. The third kappa shape index (κ3) is 2.35. The Morgan fingerprint density at radius 3 is 2.84 bits per heavy atom. The van der Waals surface area contributed by atoms with Gasteiger partial charge < -0.3 is 14.3 Å². The van der Waals surface area contributed by atoms with Gasteiger partial charge in [-0.05, 0) is 49.0 Å². The predicted octanol–water partition coefficient (Wildman–Crippen LogP) is 3.82. The van der Waals surface area contributed by atoms with Gasteiger partial charge in [0.2, 0.25) is 0 Å². The first-order valence-corrected chi connectivity index (χ1v) is 7.26. The monoisotopic (exact) mass is 276 g/mol. The second-order valence-electron chi connectivity index (χ2n) is 5.91. The molecule has 1 fully saturated rings. The fourth-order valence-corrected chi connectivity index (χ4v) is 3.15. The zero-order valence-corrected chi connectivity index (χ0v) is 12.3. The maximum absolute atomic E-state index is 5.51. The molecule has 0 aliphatic carbocycles. The van der Waals surface area contributed by atoms with Gasteiger partial charge in [-0.15, -0.1) is 0 Å². The molecule has 0 radical (unpaired) electrons. The molecule has 1 aliphatic rings. The van der Waals surface area contributed by atoms with Crippen LogP contribution in [0, 0.1) is 17.1 Å². The fourth-order valence-electron chi connectivity index (χ4n) is 2.88. The molecule has 3 nitrogen and oxygen atoms in total. The number of H-pyrrole nitrogens is 1. The van der Waals surface area contributed by atoms with Crippen molar-refractivity contribution in [2.45, 2.75) is 33.2 Å². The number of imidazole rings is 1. The van der Waals surface area contributed by atoms with Crippen molar-refractivity contribution in [3.05, 3.63) is 28.5 Å². The van der Waals surface area contributed by atoms with Gasteiger partial charge in [-0.25, -0.2) is 0 Å². The van der Waals surface area contributed by atoms with E-state index in [1.165, 1.54) is 16.6 Å². The number of para-hydroxylation sites is 1. The van der Waals surface area contributed by atoms with Gasteiger partial charge in [0.25, 0.3) is 0 Å². The van der Waals surface area contributed by atoms with Crippen LogP contribution in [0.2, 0.25) is 0 Å². The Balaban J connectivity index is 2.03. The number of aromatic amines is 1. The van der Waals surface area contributed by atoms with Crippen LogP contribution in [0.1, 0.15) is 25.3 Å². The lowest BCUT2D eigenvalue weighted by Crippen LogP contribution is -2.31. The van der Waals surface area contributed by atoms with Crippen molar-refractivity contribution >= 4 is 23.3 Å². The number of benzene rings is 1. The molecule has 2 heterocycles. The average molecular weight is 276 g/mol. The van der Waals surface area contributed by atoms with E-state index in [4.69, 9.17) is 17.0 Å². The topological polar surface area (TPSA) is 29.9 Å². The Hall–Kier alpha value is -1.13. The molecule has 1 aromatic heterocycles. The summed E-state index contributed by atoms with van der Waals surface area (Å²) in [6.45, 7) is 7.16. The number of ether oxygens (including phenoxy) is 1. The second-order valence-corrected chi connectivity index (χ2v) is 6.30. The molecule has 0 amide bonds. The quantitative estimate of drug-likeness (QED) is 0.845. The largest absolute Gasteiger partial charge is 0.381 e. The Bertz CT molecular complexity index is 650. The predicted molar refractivity (Wildman–Crippen MR) is 80.0 cm³/mol. The van der Waals surface area contributed by atoms with E-state index in [2.05, 4.69) is 41.6 Å².